The summed E-state index contributed by atoms with van der Waals surface area (Å²) in [5.74, 6) is -1.07. The molecular formula is C19H22N6O7. The molecule has 0 aliphatic carbocycles. The van der Waals surface area contributed by atoms with Gasteiger partial charge < -0.3 is 14.5 Å². The molecule has 0 saturated carbocycles. The highest BCUT2D eigenvalue weighted by Crippen LogP contribution is 2.22. The van der Waals surface area contributed by atoms with Crippen LogP contribution >= 0.6 is 0 Å². The third-order valence-electron chi connectivity index (χ3n) is 5.22. The van der Waals surface area contributed by atoms with Gasteiger partial charge in [-0.2, -0.15) is 5.10 Å². The van der Waals surface area contributed by atoms with Crippen LogP contribution in [-0.4, -0.2) is 69.2 Å². The summed E-state index contributed by atoms with van der Waals surface area (Å²) >= 11 is 0. The van der Waals surface area contributed by atoms with Crippen LogP contribution in [0.1, 0.15) is 11.4 Å². The largest absolute Gasteiger partial charge is 0.454 e. The summed E-state index contributed by atoms with van der Waals surface area (Å²) in [6.07, 6.45) is 0. The van der Waals surface area contributed by atoms with E-state index in [4.69, 9.17) is 4.74 Å². The lowest BCUT2D eigenvalue weighted by Crippen LogP contribution is -2.50. The number of carbonyl (C=O) groups excluding carboxylic acids is 2. The van der Waals surface area contributed by atoms with Crippen molar-refractivity contribution >= 4 is 28.9 Å². The number of nitro benzene ring substituents is 1. The monoisotopic (exact) mass is 446 g/mol. The lowest BCUT2D eigenvalue weighted by atomic mass is 10.2. The van der Waals surface area contributed by atoms with Crippen molar-refractivity contribution in [1.82, 2.24) is 14.7 Å². The van der Waals surface area contributed by atoms with Gasteiger partial charge in [0, 0.05) is 44.0 Å². The number of carbonyl (C=O) groups is 2. The van der Waals surface area contributed by atoms with E-state index in [0.717, 1.165) is 5.69 Å². The van der Waals surface area contributed by atoms with Crippen LogP contribution in [-0.2, 0) is 20.9 Å². The Kier molecular flexibility index (Phi) is 6.66. The normalized spacial score (nSPS) is 13.7. The smallest absolute Gasteiger partial charge is 0.328 e. The molecule has 3 rings (SSSR count). The van der Waals surface area contributed by atoms with E-state index in [0.29, 0.717) is 26.2 Å². The van der Waals surface area contributed by atoms with Crippen LogP contribution in [0.25, 0.3) is 0 Å². The molecule has 0 radical (unpaired) electrons. The first-order valence-electron chi connectivity index (χ1n) is 9.78. The number of nitro groups is 2. The SMILES string of the molecule is Cc1nn(CC(=O)OCC(=O)N2CCN(c3ccc([N+](=O)[O-])cc3)CC2)c(C)c1[N+](=O)[O-]. The van der Waals surface area contributed by atoms with Crippen molar-refractivity contribution in [3.8, 4) is 0 Å². The van der Waals surface area contributed by atoms with Crippen LogP contribution in [0, 0.1) is 34.1 Å². The van der Waals surface area contributed by atoms with Crippen LogP contribution in [0.4, 0.5) is 17.1 Å². The van der Waals surface area contributed by atoms with Gasteiger partial charge in [-0.1, -0.05) is 0 Å². The van der Waals surface area contributed by atoms with Crippen LogP contribution in [0.2, 0.25) is 0 Å². The number of non-ortho nitro benzene ring substituents is 1. The van der Waals surface area contributed by atoms with Crippen molar-refractivity contribution < 1.29 is 24.2 Å². The number of aromatic nitrogens is 2. The maximum absolute atomic E-state index is 12.4. The van der Waals surface area contributed by atoms with Crippen LogP contribution in [0.15, 0.2) is 24.3 Å². The molecule has 170 valence electrons. The molecule has 1 amide bonds. The molecule has 32 heavy (non-hydrogen) atoms. The molecule has 1 aromatic heterocycles. The molecule has 1 fully saturated rings. The van der Waals surface area contributed by atoms with Gasteiger partial charge in [-0.25, -0.2) is 0 Å². The molecule has 0 bridgehead atoms. The molecule has 0 unspecified atom stereocenters. The van der Waals surface area contributed by atoms with Gasteiger partial charge in [-0.3, -0.25) is 34.5 Å². The highest BCUT2D eigenvalue weighted by atomic mass is 16.6. The predicted octanol–water partition coefficient (Wildman–Crippen LogP) is 1.21. The van der Waals surface area contributed by atoms with Crippen molar-refractivity contribution in [3.05, 3.63) is 55.9 Å². The average molecular weight is 446 g/mol. The Morgan fingerprint density at radius 2 is 1.66 bits per heavy atom. The minimum atomic E-state index is -0.719. The molecule has 2 heterocycles. The first-order valence-corrected chi connectivity index (χ1v) is 9.78. The molecule has 1 aliphatic heterocycles. The number of ether oxygens (including phenoxy) is 1. The first kappa shape index (κ1) is 22.7. The Labute approximate surface area is 182 Å². The summed E-state index contributed by atoms with van der Waals surface area (Å²) in [5, 5.41) is 25.8. The second-order valence-corrected chi connectivity index (χ2v) is 7.24. The summed E-state index contributed by atoms with van der Waals surface area (Å²) < 4.78 is 6.22. The summed E-state index contributed by atoms with van der Waals surface area (Å²) in [6.45, 7) is 4.10. The van der Waals surface area contributed by atoms with Crippen LogP contribution < -0.4 is 4.90 Å². The number of rotatable bonds is 7. The van der Waals surface area contributed by atoms with E-state index in [1.54, 1.807) is 17.0 Å². The van der Waals surface area contributed by atoms with E-state index in [1.807, 2.05) is 4.90 Å². The number of hydrogen-bond donors (Lipinski definition) is 0. The van der Waals surface area contributed by atoms with Crippen molar-refractivity contribution in [2.24, 2.45) is 0 Å². The average Bonchev–Trinajstić information content (AvgIpc) is 3.05. The van der Waals surface area contributed by atoms with E-state index in [-0.39, 0.29) is 35.2 Å². The molecule has 0 N–H and O–H groups in total. The second-order valence-electron chi connectivity index (χ2n) is 7.24. The minimum absolute atomic E-state index is 0.0134. The number of nitrogens with zero attached hydrogens (tertiary/aromatic N) is 6. The number of piperazine rings is 1. The van der Waals surface area contributed by atoms with Gasteiger partial charge in [0.2, 0.25) is 0 Å². The van der Waals surface area contributed by atoms with Gasteiger partial charge in [0.05, 0.1) is 9.85 Å². The number of amides is 1. The summed E-state index contributed by atoms with van der Waals surface area (Å²) in [6, 6.07) is 6.20. The van der Waals surface area contributed by atoms with E-state index in [2.05, 4.69) is 5.10 Å². The molecule has 13 heteroatoms. The zero-order valence-corrected chi connectivity index (χ0v) is 17.6. The molecule has 1 aliphatic rings. The van der Waals surface area contributed by atoms with Gasteiger partial charge in [0.25, 0.3) is 11.6 Å². The van der Waals surface area contributed by atoms with E-state index >= 15 is 0 Å². The molecule has 0 spiro atoms. The topological polar surface area (TPSA) is 154 Å². The maximum atomic E-state index is 12.4. The van der Waals surface area contributed by atoms with Crippen LogP contribution in [0.5, 0.6) is 0 Å². The molecule has 2 aromatic rings. The number of aryl methyl sites for hydroxylation is 1. The van der Waals surface area contributed by atoms with Crippen molar-refractivity contribution in [2.75, 3.05) is 37.7 Å². The fraction of sp³-hybridized carbons (Fsp3) is 0.421. The Morgan fingerprint density at radius 1 is 1.03 bits per heavy atom. The van der Waals surface area contributed by atoms with Gasteiger partial charge in [-0.05, 0) is 26.0 Å². The summed E-state index contributed by atoms with van der Waals surface area (Å²) in [5.41, 5.74) is 1.12. The maximum Gasteiger partial charge on any atom is 0.328 e. The molecule has 1 saturated heterocycles. The highest BCUT2D eigenvalue weighted by molar-refractivity contribution is 5.81. The molecule has 0 atom stereocenters. The predicted molar refractivity (Wildman–Crippen MR) is 111 cm³/mol. The van der Waals surface area contributed by atoms with Crippen molar-refractivity contribution in [1.29, 1.82) is 0 Å². The Hall–Kier alpha value is -4.03. The Morgan fingerprint density at radius 3 is 2.19 bits per heavy atom. The Bertz CT molecular complexity index is 1040. The summed E-state index contributed by atoms with van der Waals surface area (Å²) in [4.78, 5) is 48.8. The third kappa shape index (κ3) is 4.99. The lowest BCUT2D eigenvalue weighted by molar-refractivity contribution is -0.386. The fourth-order valence-corrected chi connectivity index (χ4v) is 3.51. The summed E-state index contributed by atoms with van der Waals surface area (Å²) in [7, 11) is 0. The van der Waals surface area contributed by atoms with E-state index in [1.165, 1.54) is 30.7 Å². The number of esters is 1. The van der Waals surface area contributed by atoms with E-state index < -0.39 is 22.4 Å². The van der Waals surface area contributed by atoms with Gasteiger partial charge in [-0.15, -0.1) is 0 Å². The van der Waals surface area contributed by atoms with Crippen LogP contribution in [0.3, 0.4) is 0 Å². The Balaban J connectivity index is 1.47. The number of hydrogen-bond acceptors (Lipinski definition) is 9. The van der Waals surface area contributed by atoms with Gasteiger partial charge in [0.15, 0.2) is 6.61 Å². The highest BCUT2D eigenvalue weighted by Gasteiger charge is 2.25. The standard InChI is InChI=1S/C19H22N6O7/c1-13-19(25(30)31)14(2)23(20-13)11-18(27)32-12-17(26)22-9-7-21(8-10-22)15-3-5-16(6-4-15)24(28)29/h3-6H,7-12H2,1-2H3. The zero-order chi connectivity index (χ0) is 23.4. The zero-order valence-electron chi connectivity index (χ0n) is 17.6. The molecule has 13 nitrogen and oxygen atoms in total. The third-order valence-corrected chi connectivity index (χ3v) is 5.22. The van der Waals surface area contributed by atoms with Crippen molar-refractivity contribution in [2.45, 2.75) is 20.4 Å². The van der Waals surface area contributed by atoms with Gasteiger partial charge in [0.1, 0.15) is 17.9 Å². The van der Waals surface area contributed by atoms with Crippen molar-refractivity contribution in [3.63, 3.8) is 0 Å². The minimum Gasteiger partial charge on any atom is -0.454 e. The lowest BCUT2D eigenvalue weighted by Gasteiger charge is -2.36. The quantitative estimate of drug-likeness (QED) is 0.347. The second kappa shape index (κ2) is 9.41. The first-order chi connectivity index (χ1) is 15.2. The fourth-order valence-electron chi connectivity index (χ4n) is 3.51. The molecular weight excluding hydrogens is 424 g/mol. The number of benzene rings is 1. The number of anilines is 1. The molecule has 1 aromatic carbocycles. The van der Waals surface area contributed by atoms with E-state index in [9.17, 15) is 29.8 Å². The van der Waals surface area contributed by atoms with Gasteiger partial charge >= 0.3 is 11.7 Å².